The molecule has 3 rings (SSSR count). The first-order valence-electron chi connectivity index (χ1n) is 10.1. The zero-order valence-corrected chi connectivity index (χ0v) is 16.1. The lowest BCUT2D eigenvalue weighted by atomic mass is 10.1. The maximum atomic E-state index is 12.7. The van der Waals surface area contributed by atoms with Crippen LogP contribution in [0.15, 0.2) is 30.3 Å². The lowest BCUT2D eigenvalue weighted by Gasteiger charge is -2.25. The Bertz CT molecular complexity index is 614. The van der Waals surface area contributed by atoms with Crippen LogP contribution in [0.5, 0.6) is 0 Å². The molecule has 27 heavy (non-hydrogen) atoms. The third-order valence-corrected chi connectivity index (χ3v) is 5.46. The monoisotopic (exact) mass is 373 g/mol. The summed E-state index contributed by atoms with van der Waals surface area (Å²) in [5.74, 6) is -0.124. The smallest absolute Gasteiger partial charge is 0.242 e. The number of aliphatic hydroxyl groups is 1. The van der Waals surface area contributed by atoms with Crippen molar-refractivity contribution in [2.75, 3.05) is 45.8 Å². The molecule has 2 amide bonds. The minimum absolute atomic E-state index is 0.0470. The summed E-state index contributed by atoms with van der Waals surface area (Å²) < 4.78 is 0. The van der Waals surface area contributed by atoms with Crippen molar-refractivity contribution in [3.05, 3.63) is 35.9 Å². The molecule has 0 saturated carbocycles. The van der Waals surface area contributed by atoms with Crippen LogP contribution in [0.1, 0.15) is 31.2 Å². The lowest BCUT2D eigenvalue weighted by Crippen LogP contribution is -2.45. The van der Waals surface area contributed by atoms with Crippen molar-refractivity contribution >= 4 is 11.8 Å². The fourth-order valence-corrected chi connectivity index (χ4v) is 3.90. The highest BCUT2D eigenvalue weighted by molar-refractivity contribution is 5.86. The first-order valence-corrected chi connectivity index (χ1v) is 10.1. The van der Waals surface area contributed by atoms with Gasteiger partial charge in [0.25, 0.3) is 0 Å². The van der Waals surface area contributed by atoms with Crippen molar-refractivity contribution < 1.29 is 14.7 Å². The second-order valence-electron chi connectivity index (χ2n) is 7.69. The average molecular weight is 373 g/mol. The number of aliphatic hydroxyl groups excluding tert-OH is 1. The van der Waals surface area contributed by atoms with Crippen molar-refractivity contribution in [3.63, 3.8) is 0 Å². The number of amides is 2. The molecular formula is C21H31N3O3. The number of carbonyl (C=O) groups excluding carboxylic acids is 2. The summed E-state index contributed by atoms with van der Waals surface area (Å²) in [6.07, 6.45) is 4.76. The molecule has 2 aliphatic rings. The Hall–Kier alpha value is -1.92. The molecule has 2 saturated heterocycles. The van der Waals surface area contributed by atoms with Crippen molar-refractivity contribution in [1.82, 2.24) is 14.7 Å². The van der Waals surface area contributed by atoms with Gasteiger partial charge in [-0.1, -0.05) is 43.2 Å². The number of likely N-dealkylation sites (tertiary alicyclic amines) is 1. The Morgan fingerprint density at radius 1 is 1.04 bits per heavy atom. The highest BCUT2D eigenvalue weighted by atomic mass is 16.3. The van der Waals surface area contributed by atoms with Gasteiger partial charge in [-0.05, 0) is 37.9 Å². The number of rotatable bonds is 5. The van der Waals surface area contributed by atoms with E-state index in [2.05, 4.69) is 4.90 Å². The minimum atomic E-state index is -0.694. The standard InChI is InChI=1S/C21H31N3O3/c25-19-14-23(13-10-18-8-4-3-5-9-18)21(27)17-24(15-19)20(26)16-22-11-6-1-2-7-12-22/h3-5,8-9,19,25H,1-2,6-7,10-17H2. The molecule has 0 spiro atoms. The summed E-state index contributed by atoms with van der Waals surface area (Å²) in [7, 11) is 0. The van der Waals surface area contributed by atoms with Gasteiger partial charge in [-0.3, -0.25) is 14.5 Å². The Morgan fingerprint density at radius 2 is 1.74 bits per heavy atom. The SMILES string of the molecule is O=C1CN(C(=O)CN2CCCCCC2)CC(O)CN1CCc1ccccc1. The van der Waals surface area contributed by atoms with E-state index in [1.165, 1.54) is 12.8 Å². The Balaban J connectivity index is 1.54. The zero-order chi connectivity index (χ0) is 19.1. The van der Waals surface area contributed by atoms with Gasteiger partial charge >= 0.3 is 0 Å². The number of hydrogen-bond acceptors (Lipinski definition) is 4. The van der Waals surface area contributed by atoms with E-state index in [0.717, 1.165) is 37.9 Å². The Kier molecular flexibility index (Phi) is 7.24. The number of benzene rings is 1. The highest BCUT2D eigenvalue weighted by Crippen LogP contribution is 2.12. The molecule has 0 radical (unpaired) electrons. The molecule has 6 nitrogen and oxygen atoms in total. The largest absolute Gasteiger partial charge is 0.389 e. The summed E-state index contributed by atoms with van der Waals surface area (Å²) in [6, 6.07) is 10.0. The molecule has 0 bridgehead atoms. The molecule has 1 aromatic rings. The van der Waals surface area contributed by atoms with Gasteiger partial charge in [-0.15, -0.1) is 0 Å². The predicted molar refractivity (Wildman–Crippen MR) is 104 cm³/mol. The molecule has 148 valence electrons. The number of β-amino-alcohol motifs (C(OH)–C–C–N with tert-alkyl or cyclic N) is 1. The first kappa shape index (κ1) is 19.8. The maximum absolute atomic E-state index is 12.7. The van der Waals surface area contributed by atoms with Crippen molar-refractivity contribution in [3.8, 4) is 0 Å². The molecule has 1 unspecified atom stereocenters. The van der Waals surface area contributed by atoms with Gasteiger partial charge in [0.05, 0.1) is 19.2 Å². The van der Waals surface area contributed by atoms with Crippen LogP contribution in [-0.2, 0) is 16.0 Å². The molecule has 2 heterocycles. The molecular weight excluding hydrogens is 342 g/mol. The van der Waals surface area contributed by atoms with Gasteiger partial charge < -0.3 is 14.9 Å². The summed E-state index contributed by atoms with van der Waals surface area (Å²) in [5, 5.41) is 10.3. The molecule has 1 atom stereocenters. The normalized spacial score (nSPS) is 22.4. The van der Waals surface area contributed by atoms with Crippen LogP contribution in [0.3, 0.4) is 0 Å². The summed E-state index contributed by atoms with van der Waals surface area (Å²) in [4.78, 5) is 30.8. The van der Waals surface area contributed by atoms with Crippen LogP contribution in [-0.4, -0.2) is 83.5 Å². The second-order valence-corrected chi connectivity index (χ2v) is 7.69. The highest BCUT2D eigenvalue weighted by Gasteiger charge is 2.29. The van der Waals surface area contributed by atoms with E-state index in [1.54, 1.807) is 9.80 Å². The topological polar surface area (TPSA) is 64.1 Å². The van der Waals surface area contributed by atoms with E-state index in [9.17, 15) is 14.7 Å². The van der Waals surface area contributed by atoms with E-state index < -0.39 is 6.10 Å². The zero-order valence-electron chi connectivity index (χ0n) is 16.1. The molecule has 1 N–H and O–H groups in total. The third-order valence-electron chi connectivity index (χ3n) is 5.46. The van der Waals surface area contributed by atoms with Crippen molar-refractivity contribution in [2.45, 2.75) is 38.2 Å². The van der Waals surface area contributed by atoms with E-state index in [4.69, 9.17) is 0 Å². The van der Waals surface area contributed by atoms with Gasteiger partial charge in [-0.25, -0.2) is 0 Å². The molecule has 0 aliphatic carbocycles. The molecule has 1 aromatic carbocycles. The summed E-state index contributed by atoms with van der Waals surface area (Å²) in [5.41, 5.74) is 1.16. The van der Waals surface area contributed by atoms with Gasteiger partial charge in [0.2, 0.25) is 11.8 Å². The van der Waals surface area contributed by atoms with Gasteiger partial charge in [-0.2, -0.15) is 0 Å². The number of hydrogen-bond donors (Lipinski definition) is 1. The van der Waals surface area contributed by atoms with E-state index in [0.29, 0.717) is 19.6 Å². The van der Waals surface area contributed by atoms with Crippen LogP contribution < -0.4 is 0 Å². The molecule has 0 aromatic heterocycles. The Morgan fingerprint density at radius 3 is 2.44 bits per heavy atom. The van der Waals surface area contributed by atoms with Crippen LogP contribution in [0, 0.1) is 0 Å². The number of nitrogens with zero attached hydrogens (tertiary/aromatic N) is 3. The predicted octanol–water partition coefficient (Wildman–Crippen LogP) is 1.14. The fourth-order valence-electron chi connectivity index (χ4n) is 3.90. The van der Waals surface area contributed by atoms with E-state index >= 15 is 0 Å². The quantitative estimate of drug-likeness (QED) is 0.841. The van der Waals surface area contributed by atoms with Gasteiger partial charge in [0, 0.05) is 19.6 Å². The molecule has 2 aliphatic heterocycles. The third kappa shape index (κ3) is 6.04. The van der Waals surface area contributed by atoms with Gasteiger partial charge in [0.1, 0.15) is 0 Å². The van der Waals surface area contributed by atoms with Gasteiger partial charge in [0.15, 0.2) is 0 Å². The van der Waals surface area contributed by atoms with Crippen LogP contribution >= 0.6 is 0 Å². The second kappa shape index (κ2) is 9.85. The molecule has 2 fully saturated rings. The van der Waals surface area contributed by atoms with E-state index in [-0.39, 0.29) is 24.9 Å². The maximum Gasteiger partial charge on any atom is 0.242 e. The summed E-state index contributed by atoms with van der Waals surface area (Å²) >= 11 is 0. The Labute approximate surface area is 161 Å². The van der Waals surface area contributed by atoms with Crippen molar-refractivity contribution in [1.29, 1.82) is 0 Å². The molecule has 6 heteroatoms. The summed E-state index contributed by atoms with van der Waals surface area (Å²) in [6.45, 7) is 3.40. The van der Waals surface area contributed by atoms with E-state index in [1.807, 2.05) is 30.3 Å². The number of carbonyl (C=O) groups is 2. The van der Waals surface area contributed by atoms with Crippen molar-refractivity contribution in [2.24, 2.45) is 0 Å². The minimum Gasteiger partial charge on any atom is -0.389 e. The lowest BCUT2D eigenvalue weighted by molar-refractivity contribution is -0.139. The average Bonchev–Trinajstić information content (AvgIpc) is 3.00. The van der Waals surface area contributed by atoms with Crippen LogP contribution in [0.25, 0.3) is 0 Å². The van der Waals surface area contributed by atoms with Crippen LogP contribution in [0.4, 0.5) is 0 Å². The van der Waals surface area contributed by atoms with Crippen LogP contribution in [0.2, 0.25) is 0 Å². The first-order chi connectivity index (χ1) is 13.1. The fraction of sp³-hybridized carbons (Fsp3) is 0.619.